The second-order valence-electron chi connectivity index (χ2n) is 4.94. The van der Waals surface area contributed by atoms with Crippen LogP contribution in [0.15, 0.2) is 18.3 Å². The summed E-state index contributed by atoms with van der Waals surface area (Å²) in [4.78, 5) is 17.1. The van der Waals surface area contributed by atoms with E-state index in [9.17, 15) is 23.1 Å². The zero-order chi connectivity index (χ0) is 14.9. The Labute approximate surface area is 114 Å². The molecule has 0 aromatic carbocycles. The number of aliphatic hydroxyl groups is 1. The zero-order valence-corrected chi connectivity index (χ0v) is 10.9. The molecule has 0 aliphatic carbocycles. The highest BCUT2D eigenvalue weighted by molar-refractivity contribution is 5.94. The fraction of sp³-hybridized carbons (Fsp3) is 0.538. The van der Waals surface area contributed by atoms with Gasteiger partial charge in [0.15, 0.2) is 0 Å². The van der Waals surface area contributed by atoms with Gasteiger partial charge in [-0.25, -0.2) is 0 Å². The van der Waals surface area contributed by atoms with Crippen LogP contribution in [0.4, 0.5) is 13.2 Å². The lowest BCUT2D eigenvalue weighted by atomic mass is 10.0. The summed E-state index contributed by atoms with van der Waals surface area (Å²) in [7, 11) is 0. The molecule has 2 rings (SSSR count). The van der Waals surface area contributed by atoms with E-state index in [0.29, 0.717) is 13.0 Å². The summed E-state index contributed by atoms with van der Waals surface area (Å²) in [5, 5.41) is 9.47. The van der Waals surface area contributed by atoms with E-state index in [2.05, 4.69) is 4.98 Å². The van der Waals surface area contributed by atoms with Gasteiger partial charge in [0.2, 0.25) is 0 Å². The predicted molar refractivity (Wildman–Crippen MR) is 64.9 cm³/mol. The second-order valence-corrected chi connectivity index (χ2v) is 4.94. The van der Waals surface area contributed by atoms with Crippen LogP contribution in [0, 0.1) is 5.92 Å². The Morgan fingerprint density at radius 1 is 1.55 bits per heavy atom. The number of pyridine rings is 1. The molecule has 1 amide bonds. The van der Waals surface area contributed by atoms with Crippen LogP contribution >= 0.6 is 0 Å². The summed E-state index contributed by atoms with van der Waals surface area (Å²) in [5.74, 6) is -0.835. The van der Waals surface area contributed by atoms with Crippen molar-refractivity contribution in [2.45, 2.75) is 25.6 Å². The van der Waals surface area contributed by atoms with Crippen LogP contribution in [0.25, 0.3) is 0 Å². The molecule has 0 saturated carbocycles. The summed E-state index contributed by atoms with van der Waals surface area (Å²) in [5.41, 5.74) is -1.60. The fourth-order valence-corrected chi connectivity index (χ4v) is 2.32. The standard InChI is InChI=1S/C13H15F3N2O2/c1-8(19)9-4-6-18(7-9)12(20)11-10(13(14,15)16)3-2-5-17-11/h2-3,5,8-9,19H,4,6-7H2,1H3. The highest BCUT2D eigenvalue weighted by atomic mass is 19.4. The maximum Gasteiger partial charge on any atom is 0.418 e. The molecule has 2 unspecified atom stereocenters. The van der Waals surface area contributed by atoms with Crippen LogP contribution < -0.4 is 0 Å². The number of aliphatic hydroxyl groups excluding tert-OH is 1. The molecule has 0 radical (unpaired) electrons. The highest BCUT2D eigenvalue weighted by Crippen LogP contribution is 2.32. The van der Waals surface area contributed by atoms with Crippen LogP contribution in [-0.2, 0) is 6.18 Å². The number of likely N-dealkylation sites (tertiary alicyclic amines) is 1. The maximum absolute atomic E-state index is 12.8. The topological polar surface area (TPSA) is 53.4 Å². The summed E-state index contributed by atoms with van der Waals surface area (Å²) < 4.78 is 38.5. The van der Waals surface area contributed by atoms with Crippen molar-refractivity contribution in [3.05, 3.63) is 29.6 Å². The van der Waals surface area contributed by atoms with Gasteiger partial charge in [-0.05, 0) is 25.5 Å². The van der Waals surface area contributed by atoms with E-state index in [0.717, 1.165) is 12.1 Å². The third-order valence-corrected chi connectivity index (χ3v) is 3.51. The van der Waals surface area contributed by atoms with Gasteiger partial charge in [-0.2, -0.15) is 13.2 Å². The van der Waals surface area contributed by atoms with E-state index in [1.54, 1.807) is 6.92 Å². The molecule has 1 aromatic rings. The molecule has 1 N–H and O–H groups in total. The first-order valence-electron chi connectivity index (χ1n) is 6.30. The molecule has 1 aromatic heterocycles. The average molecular weight is 288 g/mol. The van der Waals surface area contributed by atoms with E-state index >= 15 is 0 Å². The summed E-state index contributed by atoms with van der Waals surface area (Å²) in [6, 6.07) is 2.00. The van der Waals surface area contributed by atoms with Crippen molar-refractivity contribution in [2.75, 3.05) is 13.1 Å². The molecule has 20 heavy (non-hydrogen) atoms. The number of halogens is 3. The lowest BCUT2D eigenvalue weighted by molar-refractivity contribution is -0.138. The van der Waals surface area contributed by atoms with Gasteiger partial charge in [0.25, 0.3) is 5.91 Å². The molecule has 7 heteroatoms. The van der Waals surface area contributed by atoms with Crippen molar-refractivity contribution >= 4 is 5.91 Å². The second kappa shape index (κ2) is 5.40. The normalized spacial score (nSPS) is 21.1. The van der Waals surface area contributed by atoms with Crippen molar-refractivity contribution in [3.8, 4) is 0 Å². The molecule has 0 spiro atoms. The number of nitrogens with zero attached hydrogens (tertiary/aromatic N) is 2. The van der Waals surface area contributed by atoms with Crippen molar-refractivity contribution < 1.29 is 23.1 Å². The quantitative estimate of drug-likeness (QED) is 0.905. The molecule has 4 nitrogen and oxygen atoms in total. The molecular formula is C13H15F3N2O2. The molecule has 1 saturated heterocycles. The van der Waals surface area contributed by atoms with Crippen LogP contribution in [0.2, 0.25) is 0 Å². The van der Waals surface area contributed by atoms with Crippen LogP contribution in [0.5, 0.6) is 0 Å². The lowest BCUT2D eigenvalue weighted by Gasteiger charge is -2.19. The molecule has 1 aliphatic heterocycles. The summed E-state index contributed by atoms with van der Waals surface area (Å²) >= 11 is 0. The number of carbonyl (C=O) groups is 1. The molecule has 2 heterocycles. The Balaban J connectivity index is 2.23. The number of carbonyl (C=O) groups excluding carboxylic acids is 1. The monoisotopic (exact) mass is 288 g/mol. The molecule has 0 bridgehead atoms. The minimum Gasteiger partial charge on any atom is -0.393 e. The van der Waals surface area contributed by atoms with Crippen LogP contribution in [-0.4, -0.2) is 40.1 Å². The Bertz CT molecular complexity index is 503. The number of aromatic nitrogens is 1. The van der Waals surface area contributed by atoms with E-state index < -0.39 is 29.4 Å². The fourth-order valence-electron chi connectivity index (χ4n) is 2.32. The van der Waals surface area contributed by atoms with Gasteiger partial charge in [0, 0.05) is 25.2 Å². The minimum absolute atomic E-state index is 0.100. The van der Waals surface area contributed by atoms with Gasteiger partial charge in [0.1, 0.15) is 5.69 Å². The number of alkyl halides is 3. The van der Waals surface area contributed by atoms with Crippen molar-refractivity contribution in [3.63, 3.8) is 0 Å². The van der Waals surface area contributed by atoms with Gasteiger partial charge >= 0.3 is 6.18 Å². The predicted octanol–water partition coefficient (Wildman–Crippen LogP) is 1.94. The van der Waals surface area contributed by atoms with Gasteiger partial charge in [-0.3, -0.25) is 9.78 Å². The zero-order valence-electron chi connectivity index (χ0n) is 10.9. The molecule has 110 valence electrons. The van der Waals surface area contributed by atoms with Gasteiger partial charge in [0.05, 0.1) is 11.7 Å². The third kappa shape index (κ3) is 2.92. The SMILES string of the molecule is CC(O)C1CCN(C(=O)c2ncccc2C(F)(F)F)C1. The number of hydrogen-bond acceptors (Lipinski definition) is 3. The lowest BCUT2D eigenvalue weighted by Crippen LogP contribution is -2.32. The molecule has 1 fully saturated rings. The Morgan fingerprint density at radius 3 is 2.80 bits per heavy atom. The van der Waals surface area contributed by atoms with E-state index in [1.807, 2.05) is 0 Å². The number of amides is 1. The highest BCUT2D eigenvalue weighted by Gasteiger charge is 2.38. The van der Waals surface area contributed by atoms with Gasteiger partial charge in [-0.1, -0.05) is 0 Å². The van der Waals surface area contributed by atoms with Gasteiger partial charge < -0.3 is 10.0 Å². The Kier molecular flexibility index (Phi) is 3.99. The third-order valence-electron chi connectivity index (χ3n) is 3.51. The maximum atomic E-state index is 12.8. The molecular weight excluding hydrogens is 273 g/mol. The summed E-state index contributed by atoms with van der Waals surface area (Å²) in [6.45, 7) is 2.20. The molecule has 1 aliphatic rings. The Hall–Kier alpha value is -1.63. The van der Waals surface area contributed by atoms with E-state index in [1.165, 1.54) is 11.1 Å². The summed E-state index contributed by atoms with van der Waals surface area (Å²) in [6.07, 6.45) is -3.44. The smallest absolute Gasteiger partial charge is 0.393 e. The number of hydrogen-bond donors (Lipinski definition) is 1. The molecule has 2 atom stereocenters. The minimum atomic E-state index is -4.61. The van der Waals surface area contributed by atoms with Gasteiger partial charge in [-0.15, -0.1) is 0 Å². The largest absolute Gasteiger partial charge is 0.418 e. The van der Waals surface area contributed by atoms with Crippen molar-refractivity contribution in [1.82, 2.24) is 9.88 Å². The first kappa shape index (κ1) is 14.8. The number of rotatable bonds is 2. The van der Waals surface area contributed by atoms with E-state index in [-0.39, 0.29) is 12.5 Å². The van der Waals surface area contributed by atoms with Crippen molar-refractivity contribution in [2.24, 2.45) is 5.92 Å². The first-order chi connectivity index (χ1) is 9.30. The first-order valence-corrected chi connectivity index (χ1v) is 6.30. The average Bonchev–Trinajstić information content (AvgIpc) is 2.86. The van der Waals surface area contributed by atoms with E-state index in [4.69, 9.17) is 0 Å². The van der Waals surface area contributed by atoms with Crippen LogP contribution in [0.3, 0.4) is 0 Å². The Morgan fingerprint density at radius 2 is 2.25 bits per heavy atom. The van der Waals surface area contributed by atoms with Crippen molar-refractivity contribution in [1.29, 1.82) is 0 Å². The van der Waals surface area contributed by atoms with Crippen LogP contribution in [0.1, 0.15) is 29.4 Å².